The van der Waals surface area contributed by atoms with Crippen LogP contribution in [0, 0.1) is 0 Å². The monoisotopic (exact) mass is 210 g/mol. The fourth-order valence-corrected chi connectivity index (χ4v) is 1.63. The lowest BCUT2D eigenvalue weighted by Gasteiger charge is -2.03. The zero-order valence-electron chi connectivity index (χ0n) is 8.97. The van der Waals surface area contributed by atoms with E-state index in [-0.39, 0.29) is 0 Å². The van der Waals surface area contributed by atoms with Gasteiger partial charge >= 0.3 is 5.97 Å². The van der Waals surface area contributed by atoms with E-state index in [9.17, 15) is 4.79 Å². The van der Waals surface area contributed by atoms with Crippen LogP contribution in [0.25, 0.3) is 11.1 Å². The first-order chi connectivity index (χ1) is 7.66. The van der Waals surface area contributed by atoms with Crippen molar-refractivity contribution in [3.63, 3.8) is 0 Å². The lowest BCUT2D eigenvalue weighted by molar-refractivity contribution is 0.0697. The van der Waals surface area contributed by atoms with E-state index in [2.05, 4.69) is 6.07 Å². The molecular weight excluding hydrogens is 199 g/mol. The molecule has 0 aliphatic rings. The molecule has 3 heteroatoms. The number of rotatable bonds is 2. The number of hydrogen-bond donors (Lipinski definition) is 1. The topological polar surface area (TPSA) is 37.3 Å². The van der Waals surface area contributed by atoms with Gasteiger partial charge < -0.3 is 5.11 Å². The molecule has 0 radical (unpaired) electrons. The molecular formula is C13H11BO2. The minimum atomic E-state index is -0.893. The number of carboxylic acid groups (broad SMARTS) is 1. The van der Waals surface area contributed by atoms with Crippen molar-refractivity contribution in [2.24, 2.45) is 0 Å². The average Bonchev–Trinajstić information content (AvgIpc) is 2.29. The van der Waals surface area contributed by atoms with Gasteiger partial charge in [0.1, 0.15) is 7.85 Å². The molecule has 0 bridgehead atoms. The second kappa shape index (κ2) is 4.23. The van der Waals surface area contributed by atoms with Gasteiger partial charge in [-0.2, -0.15) is 0 Å². The quantitative estimate of drug-likeness (QED) is 0.758. The number of benzene rings is 2. The first kappa shape index (κ1) is 10.5. The van der Waals surface area contributed by atoms with Gasteiger partial charge in [0.15, 0.2) is 0 Å². The van der Waals surface area contributed by atoms with E-state index in [1.807, 2.05) is 38.2 Å². The van der Waals surface area contributed by atoms with E-state index in [1.54, 1.807) is 12.1 Å². The fourth-order valence-electron chi connectivity index (χ4n) is 1.63. The van der Waals surface area contributed by atoms with E-state index in [0.29, 0.717) is 5.56 Å². The molecule has 1 N–H and O–H groups in total. The maximum atomic E-state index is 10.7. The van der Waals surface area contributed by atoms with Gasteiger partial charge in [0.05, 0.1) is 5.56 Å². The zero-order chi connectivity index (χ0) is 11.5. The van der Waals surface area contributed by atoms with Crippen molar-refractivity contribution >= 4 is 19.3 Å². The molecule has 0 saturated carbocycles. The summed E-state index contributed by atoms with van der Waals surface area (Å²) in [5.41, 5.74) is 3.65. The predicted octanol–water partition coefficient (Wildman–Crippen LogP) is 1.31. The first-order valence-corrected chi connectivity index (χ1v) is 5.07. The highest BCUT2D eigenvalue weighted by Crippen LogP contribution is 2.18. The Hall–Kier alpha value is -2.03. The summed E-state index contributed by atoms with van der Waals surface area (Å²) in [6.07, 6.45) is 0. The third kappa shape index (κ3) is 2.14. The Morgan fingerprint density at radius 3 is 2.25 bits per heavy atom. The maximum Gasteiger partial charge on any atom is 0.335 e. The summed E-state index contributed by atoms with van der Waals surface area (Å²) in [5.74, 6) is -0.893. The van der Waals surface area contributed by atoms with Crippen LogP contribution in [0.2, 0.25) is 0 Å². The van der Waals surface area contributed by atoms with Crippen LogP contribution in [0.1, 0.15) is 10.4 Å². The second-order valence-electron chi connectivity index (χ2n) is 3.75. The Morgan fingerprint density at radius 1 is 1.00 bits per heavy atom. The lowest BCUT2D eigenvalue weighted by Crippen LogP contribution is -2.00. The van der Waals surface area contributed by atoms with Crippen molar-refractivity contribution in [2.45, 2.75) is 0 Å². The molecule has 0 unspecified atom stereocenters. The predicted molar refractivity (Wildman–Crippen MR) is 67.0 cm³/mol. The van der Waals surface area contributed by atoms with Crippen LogP contribution in [0.15, 0.2) is 48.5 Å². The second-order valence-corrected chi connectivity index (χ2v) is 3.75. The third-order valence-corrected chi connectivity index (χ3v) is 2.48. The van der Waals surface area contributed by atoms with E-state index in [1.165, 1.54) is 5.46 Å². The molecule has 0 heterocycles. The highest BCUT2D eigenvalue weighted by atomic mass is 16.4. The number of carbonyl (C=O) groups is 1. The SMILES string of the molecule is Bc1cccc(-c2ccc(C(=O)O)cc2)c1. The molecule has 0 saturated heterocycles. The number of carboxylic acids is 1. The Kier molecular flexibility index (Phi) is 2.77. The van der Waals surface area contributed by atoms with Crippen LogP contribution in [0.3, 0.4) is 0 Å². The van der Waals surface area contributed by atoms with Crippen molar-refractivity contribution in [1.82, 2.24) is 0 Å². The van der Waals surface area contributed by atoms with Gasteiger partial charge in [0.25, 0.3) is 0 Å². The van der Waals surface area contributed by atoms with Crippen molar-refractivity contribution in [2.75, 3.05) is 0 Å². The summed E-state index contributed by atoms with van der Waals surface area (Å²) in [6.45, 7) is 0. The van der Waals surface area contributed by atoms with E-state index < -0.39 is 5.97 Å². The van der Waals surface area contributed by atoms with Crippen LogP contribution in [0.4, 0.5) is 0 Å². The molecule has 78 valence electrons. The molecule has 0 aliphatic carbocycles. The summed E-state index contributed by atoms with van der Waals surface area (Å²) < 4.78 is 0. The molecule has 0 amide bonds. The van der Waals surface area contributed by atoms with E-state index >= 15 is 0 Å². The van der Waals surface area contributed by atoms with Gasteiger partial charge in [-0.3, -0.25) is 0 Å². The largest absolute Gasteiger partial charge is 0.478 e. The van der Waals surface area contributed by atoms with Crippen molar-refractivity contribution < 1.29 is 9.90 Å². The number of hydrogen-bond acceptors (Lipinski definition) is 1. The van der Waals surface area contributed by atoms with Crippen molar-refractivity contribution in [3.05, 3.63) is 54.1 Å². The summed E-state index contributed by atoms with van der Waals surface area (Å²) in [6, 6.07) is 15.0. The van der Waals surface area contributed by atoms with Gasteiger partial charge in [-0.25, -0.2) is 4.79 Å². The molecule has 0 spiro atoms. The summed E-state index contributed by atoms with van der Waals surface area (Å²) in [7, 11) is 2.04. The highest BCUT2D eigenvalue weighted by Gasteiger charge is 2.02. The minimum Gasteiger partial charge on any atom is -0.478 e. The molecule has 2 nitrogen and oxygen atoms in total. The molecule has 0 fully saturated rings. The summed E-state index contributed by atoms with van der Waals surface area (Å²) in [4.78, 5) is 10.7. The normalized spacial score (nSPS) is 10.0. The van der Waals surface area contributed by atoms with E-state index in [0.717, 1.165) is 11.1 Å². The molecule has 2 aromatic rings. The van der Waals surface area contributed by atoms with Crippen LogP contribution in [0.5, 0.6) is 0 Å². The number of aromatic carboxylic acids is 1. The standard InChI is InChI=1S/C13H11BO2/c14-12-3-1-2-11(8-12)9-4-6-10(7-5-9)13(15)16/h1-8H,14H2,(H,15,16). The summed E-state index contributed by atoms with van der Waals surface area (Å²) in [5, 5.41) is 8.79. The zero-order valence-corrected chi connectivity index (χ0v) is 8.97. The minimum absolute atomic E-state index is 0.316. The maximum absolute atomic E-state index is 10.7. The van der Waals surface area contributed by atoms with Crippen LogP contribution < -0.4 is 5.46 Å². The van der Waals surface area contributed by atoms with Crippen LogP contribution in [-0.2, 0) is 0 Å². The molecule has 2 rings (SSSR count). The smallest absolute Gasteiger partial charge is 0.335 e. The van der Waals surface area contributed by atoms with Crippen molar-refractivity contribution in [3.8, 4) is 11.1 Å². The Balaban J connectivity index is 2.38. The van der Waals surface area contributed by atoms with Gasteiger partial charge in [0, 0.05) is 0 Å². The van der Waals surface area contributed by atoms with Gasteiger partial charge in [-0.1, -0.05) is 41.9 Å². The first-order valence-electron chi connectivity index (χ1n) is 5.07. The molecule has 16 heavy (non-hydrogen) atoms. The molecule has 2 aromatic carbocycles. The Labute approximate surface area is 95.0 Å². The average molecular weight is 210 g/mol. The summed E-state index contributed by atoms with van der Waals surface area (Å²) >= 11 is 0. The molecule has 0 aliphatic heterocycles. The van der Waals surface area contributed by atoms with Crippen LogP contribution >= 0.6 is 0 Å². The molecule has 0 atom stereocenters. The van der Waals surface area contributed by atoms with Gasteiger partial charge in [0.2, 0.25) is 0 Å². The molecule has 0 aromatic heterocycles. The third-order valence-electron chi connectivity index (χ3n) is 2.48. The van der Waals surface area contributed by atoms with Gasteiger partial charge in [-0.15, -0.1) is 0 Å². The van der Waals surface area contributed by atoms with Crippen LogP contribution in [-0.4, -0.2) is 18.9 Å². The van der Waals surface area contributed by atoms with Crippen molar-refractivity contribution in [1.29, 1.82) is 0 Å². The van der Waals surface area contributed by atoms with E-state index in [4.69, 9.17) is 5.11 Å². The highest BCUT2D eigenvalue weighted by molar-refractivity contribution is 6.32. The fraction of sp³-hybridized carbons (Fsp3) is 0. The Morgan fingerprint density at radius 2 is 1.69 bits per heavy atom. The Bertz CT molecular complexity index is 518. The van der Waals surface area contributed by atoms with Gasteiger partial charge in [-0.05, 0) is 23.3 Å². The lowest BCUT2D eigenvalue weighted by atomic mass is 9.92.